The lowest BCUT2D eigenvalue weighted by molar-refractivity contribution is -0.116. The molecule has 0 heterocycles. The standard InChI is InChI=1S/C39H35N3O4S/c1-26-12-10-19-34(27(26)2)41-39(45)36(29-13-6-4-7-14-29)47-33-18-11-17-31(25-33)40-38(44)35(24-28-20-22-32(46-3)23-21-28)42-37(43)30-15-8-5-9-16-30/h4-25,36H,1-3H3,(H,40,44)(H,41,45)(H,42,43)/b35-24+. The second-order valence-electron chi connectivity index (χ2n) is 10.8. The van der Waals surface area contributed by atoms with Gasteiger partial charge in [0.15, 0.2) is 0 Å². The predicted octanol–water partition coefficient (Wildman–Crippen LogP) is 8.19. The van der Waals surface area contributed by atoms with Gasteiger partial charge in [0.05, 0.1) is 7.11 Å². The molecule has 8 heteroatoms. The van der Waals surface area contributed by atoms with Crippen molar-refractivity contribution in [3.8, 4) is 5.75 Å². The average molecular weight is 642 g/mol. The van der Waals surface area contributed by atoms with Gasteiger partial charge < -0.3 is 20.7 Å². The highest BCUT2D eigenvalue weighted by molar-refractivity contribution is 8.00. The number of hydrogen-bond acceptors (Lipinski definition) is 5. The Balaban J connectivity index is 1.38. The molecule has 7 nitrogen and oxygen atoms in total. The second-order valence-corrected chi connectivity index (χ2v) is 12.0. The third-order valence-corrected chi connectivity index (χ3v) is 8.75. The number of benzene rings is 5. The lowest BCUT2D eigenvalue weighted by Gasteiger charge is -2.19. The molecular weight excluding hydrogens is 607 g/mol. The quantitative estimate of drug-likeness (QED) is 0.0998. The van der Waals surface area contributed by atoms with E-state index in [9.17, 15) is 14.4 Å². The Bertz CT molecular complexity index is 1890. The van der Waals surface area contributed by atoms with Crippen LogP contribution in [0, 0.1) is 13.8 Å². The number of hydrogen-bond donors (Lipinski definition) is 3. The van der Waals surface area contributed by atoms with Gasteiger partial charge in [0.2, 0.25) is 5.91 Å². The number of anilines is 2. The van der Waals surface area contributed by atoms with Crippen molar-refractivity contribution in [2.24, 2.45) is 0 Å². The van der Waals surface area contributed by atoms with E-state index >= 15 is 0 Å². The van der Waals surface area contributed by atoms with E-state index in [0.29, 0.717) is 22.6 Å². The zero-order chi connectivity index (χ0) is 33.2. The van der Waals surface area contributed by atoms with Crippen molar-refractivity contribution in [2.75, 3.05) is 17.7 Å². The van der Waals surface area contributed by atoms with E-state index in [1.54, 1.807) is 67.8 Å². The van der Waals surface area contributed by atoms with Gasteiger partial charge in [0, 0.05) is 21.8 Å². The highest BCUT2D eigenvalue weighted by atomic mass is 32.2. The largest absolute Gasteiger partial charge is 0.497 e. The van der Waals surface area contributed by atoms with Crippen LogP contribution >= 0.6 is 11.8 Å². The van der Waals surface area contributed by atoms with Crippen LogP contribution < -0.4 is 20.7 Å². The van der Waals surface area contributed by atoms with Gasteiger partial charge in [-0.05, 0) is 90.7 Å². The minimum Gasteiger partial charge on any atom is -0.497 e. The molecule has 1 unspecified atom stereocenters. The molecule has 5 rings (SSSR count). The van der Waals surface area contributed by atoms with Crippen molar-refractivity contribution >= 4 is 46.9 Å². The number of amides is 3. The molecule has 0 bridgehead atoms. The first-order chi connectivity index (χ1) is 22.8. The molecule has 0 saturated heterocycles. The highest BCUT2D eigenvalue weighted by Gasteiger charge is 2.23. The Morgan fingerprint density at radius 3 is 2.13 bits per heavy atom. The summed E-state index contributed by atoms with van der Waals surface area (Å²) in [7, 11) is 1.58. The van der Waals surface area contributed by atoms with Gasteiger partial charge >= 0.3 is 0 Å². The fraction of sp³-hybridized carbons (Fsp3) is 0.103. The molecule has 236 valence electrons. The Hall–Kier alpha value is -5.60. The number of carbonyl (C=O) groups is 3. The first-order valence-electron chi connectivity index (χ1n) is 15.0. The summed E-state index contributed by atoms with van der Waals surface area (Å²) < 4.78 is 5.25. The Morgan fingerprint density at radius 1 is 0.745 bits per heavy atom. The molecule has 0 aliphatic rings. The van der Waals surface area contributed by atoms with E-state index in [2.05, 4.69) is 16.0 Å². The molecule has 5 aromatic carbocycles. The first-order valence-corrected chi connectivity index (χ1v) is 15.9. The van der Waals surface area contributed by atoms with Crippen LogP contribution in [-0.4, -0.2) is 24.8 Å². The molecular formula is C39H35N3O4S. The second kappa shape index (κ2) is 15.6. The van der Waals surface area contributed by atoms with Crippen molar-refractivity contribution in [1.29, 1.82) is 0 Å². The first kappa shape index (κ1) is 32.8. The van der Waals surface area contributed by atoms with Crippen molar-refractivity contribution in [1.82, 2.24) is 5.32 Å². The van der Waals surface area contributed by atoms with Gasteiger partial charge in [0.1, 0.15) is 16.7 Å². The van der Waals surface area contributed by atoms with Crippen molar-refractivity contribution in [3.63, 3.8) is 0 Å². The van der Waals surface area contributed by atoms with Crippen molar-refractivity contribution < 1.29 is 19.1 Å². The van der Waals surface area contributed by atoms with E-state index in [1.165, 1.54) is 11.8 Å². The average Bonchev–Trinajstić information content (AvgIpc) is 3.10. The fourth-order valence-corrected chi connectivity index (χ4v) is 5.86. The smallest absolute Gasteiger partial charge is 0.272 e. The van der Waals surface area contributed by atoms with Crippen LogP contribution in [0.5, 0.6) is 5.75 Å². The molecule has 0 saturated carbocycles. The molecule has 0 aromatic heterocycles. The lowest BCUT2D eigenvalue weighted by Crippen LogP contribution is -2.30. The summed E-state index contributed by atoms with van der Waals surface area (Å²) in [6.07, 6.45) is 1.61. The third kappa shape index (κ3) is 8.77. The zero-order valence-electron chi connectivity index (χ0n) is 26.3. The van der Waals surface area contributed by atoms with Gasteiger partial charge in [-0.3, -0.25) is 14.4 Å². The summed E-state index contributed by atoms with van der Waals surface area (Å²) in [6, 6.07) is 38.6. The summed E-state index contributed by atoms with van der Waals surface area (Å²) in [5.41, 5.74) is 5.43. The molecule has 1 atom stereocenters. The van der Waals surface area contributed by atoms with Crippen molar-refractivity contribution in [3.05, 3.63) is 161 Å². The monoisotopic (exact) mass is 641 g/mol. The third-order valence-electron chi connectivity index (χ3n) is 7.50. The van der Waals surface area contributed by atoms with Crippen LogP contribution in [-0.2, 0) is 9.59 Å². The minimum absolute atomic E-state index is 0.0668. The molecule has 3 amide bonds. The molecule has 0 radical (unpaired) electrons. The molecule has 0 aliphatic carbocycles. The number of methoxy groups -OCH3 is 1. The summed E-state index contributed by atoms with van der Waals surface area (Å²) in [4.78, 5) is 41.2. The number of carbonyl (C=O) groups excluding carboxylic acids is 3. The van der Waals surface area contributed by atoms with Crippen LogP contribution in [0.2, 0.25) is 0 Å². The van der Waals surface area contributed by atoms with E-state index in [0.717, 1.165) is 27.3 Å². The maximum absolute atomic E-state index is 13.7. The van der Waals surface area contributed by atoms with Crippen molar-refractivity contribution in [2.45, 2.75) is 24.0 Å². The maximum Gasteiger partial charge on any atom is 0.272 e. The number of rotatable bonds is 11. The number of nitrogens with one attached hydrogen (secondary N) is 3. The molecule has 5 aromatic rings. The van der Waals surface area contributed by atoms with E-state index in [1.807, 2.05) is 86.6 Å². The number of aryl methyl sites for hydroxylation is 1. The minimum atomic E-state index is -0.558. The van der Waals surface area contributed by atoms with E-state index in [-0.39, 0.29) is 11.6 Å². The number of ether oxygens (including phenoxy) is 1. The van der Waals surface area contributed by atoms with E-state index < -0.39 is 17.1 Å². The van der Waals surface area contributed by atoms with Gasteiger partial charge in [-0.15, -0.1) is 11.8 Å². The summed E-state index contributed by atoms with van der Waals surface area (Å²) in [6.45, 7) is 4.00. The predicted molar refractivity (Wildman–Crippen MR) is 190 cm³/mol. The van der Waals surface area contributed by atoms with Crippen LogP contribution in [0.4, 0.5) is 11.4 Å². The van der Waals surface area contributed by atoms with E-state index in [4.69, 9.17) is 4.74 Å². The van der Waals surface area contributed by atoms with Gasteiger partial charge in [0.25, 0.3) is 11.8 Å². The maximum atomic E-state index is 13.7. The summed E-state index contributed by atoms with van der Waals surface area (Å²) >= 11 is 1.38. The molecule has 3 N–H and O–H groups in total. The Kier molecular flexibility index (Phi) is 10.9. The zero-order valence-corrected chi connectivity index (χ0v) is 27.1. The van der Waals surface area contributed by atoms with Gasteiger partial charge in [-0.1, -0.05) is 78.9 Å². The molecule has 0 spiro atoms. The topological polar surface area (TPSA) is 96.5 Å². The Morgan fingerprint density at radius 2 is 1.43 bits per heavy atom. The Labute approximate surface area is 279 Å². The summed E-state index contributed by atoms with van der Waals surface area (Å²) in [5.74, 6) is -0.394. The lowest BCUT2D eigenvalue weighted by atomic mass is 10.1. The SMILES string of the molecule is COc1ccc(/C=C(/NC(=O)c2ccccc2)C(=O)Nc2cccc(SC(C(=O)Nc3cccc(C)c3C)c3ccccc3)c2)cc1. The normalized spacial score (nSPS) is 11.7. The van der Waals surface area contributed by atoms with Crippen LogP contribution in [0.25, 0.3) is 6.08 Å². The highest BCUT2D eigenvalue weighted by Crippen LogP contribution is 2.37. The number of thioether (sulfide) groups is 1. The molecule has 0 aliphatic heterocycles. The van der Waals surface area contributed by atoms with Gasteiger partial charge in [-0.2, -0.15) is 0 Å². The fourth-order valence-electron chi connectivity index (χ4n) is 4.78. The molecule has 0 fully saturated rings. The summed E-state index contributed by atoms with van der Waals surface area (Å²) in [5, 5.41) is 8.23. The van der Waals surface area contributed by atoms with Crippen LogP contribution in [0.1, 0.15) is 37.9 Å². The van der Waals surface area contributed by atoms with Gasteiger partial charge in [-0.25, -0.2) is 0 Å². The van der Waals surface area contributed by atoms with Crippen LogP contribution in [0.15, 0.2) is 138 Å². The molecule has 47 heavy (non-hydrogen) atoms. The van der Waals surface area contributed by atoms with Crippen LogP contribution in [0.3, 0.4) is 0 Å².